The first-order valence-corrected chi connectivity index (χ1v) is 4.63. The topological polar surface area (TPSA) is 46.6 Å². The molecule has 1 saturated heterocycles. The van der Waals surface area contributed by atoms with E-state index in [9.17, 15) is 9.59 Å². The van der Waals surface area contributed by atoms with E-state index < -0.39 is 0 Å². The lowest BCUT2D eigenvalue weighted by atomic mass is 10.1. The van der Waals surface area contributed by atoms with Crippen molar-refractivity contribution in [3.05, 3.63) is 0 Å². The zero-order valence-corrected chi connectivity index (χ0v) is 8.08. The van der Waals surface area contributed by atoms with Crippen molar-refractivity contribution in [1.82, 2.24) is 4.90 Å². The third-order valence-electron chi connectivity index (χ3n) is 2.22. The Kier molecular flexibility index (Phi) is 3.28. The van der Waals surface area contributed by atoms with Crippen LogP contribution in [0.4, 0.5) is 4.79 Å². The van der Waals surface area contributed by atoms with Gasteiger partial charge in [0, 0.05) is 0 Å². The number of hydrogen-bond donors (Lipinski definition) is 0. The fraction of sp³-hybridized carbons (Fsp3) is 0.778. The summed E-state index contributed by atoms with van der Waals surface area (Å²) in [4.78, 5) is 23.5. The summed E-state index contributed by atoms with van der Waals surface area (Å²) in [6.45, 7) is 4.41. The summed E-state index contributed by atoms with van der Waals surface area (Å²) in [5, 5.41) is 0. The van der Waals surface area contributed by atoms with Gasteiger partial charge in [-0.05, 0) is 13.3 Å². The number of carbonyl (C=O) groups excluding carboxylic acids is 2. The molecule has 1 fully saturated rings. The van der Waals surface area contributed by atoms with Crippen molar-refractivity contribution in [3.8, 4) is 0 Å². The summed E-state index contributed by atoms with van der Waals surface area (Å²) in [7, 11) is 0. The number of amides is 1. The van der Waals surface area contributed by atoms with E-state index >= 15 is 0 Å². The molecule has 74 valence electrons. The van der Waals surface area contributed by atoms with Crippen LogP contribution in [0.2, 0.25) is 0 Å². The Balaban J connectivity index is 2.21. The van der Waals surface area contributed by atoms with Gasteiger partial charge in [0.1, 0.15) is 0 Å². The molecular formula is C9H15NO3. The monoisotopic (exact) mass is 185 g/mol. The highest BCUT2D eigenvalue weighted by Crippen LogP contribution is 2.13. The van der Waals surface area contributed by atoms with Crippen LogP contribution in [0.3, 0.4) is 0 Å². The molecule has 0 aromatic rings. The van der Waals surface area contributed by atoms with Gasteiger partial charge < -0.3 is 4.74 Å². The normalized spacial score (nSPS) is 21.2. The summed E-state index contributed by atoms with van der Waals surface area (Å²) in [5.74, 6) is 0.104. The molecule has 0 N–H and O–H groups in total. The first kappa shape index (κ1) is 10.0. The Morgan fingerprint density at radius 3 is 2.85 bits per heavy atom. The molecule has 1 amide bonds. The van der Waals surface area contributed by atoms with Crippen molar-refractivity contribution in [1.29, 1.82) is 0 Å². The first-order valence-electron chi connectivity index (χ1n) is 4.63. The molecule has 0 aliphatic carbocycles. The highest BCUT2D eigenvalue weighted by Gasteiger charge is 2.37. The van der Waals surface area contributed by atoms with Crippen LogP contribution >= 0.6 is 0 Å². The van der Waals surface area contributed by atoms with Crippen LogP contribution in [0.1, 0.15) is 26.7 Å². The van der Waals surface area contributed by atoms with Gasteiger partial charge in [0.05, 0.1) is 19.2 Å². The minimum absolute atomic E-state index is 0.104. The molecule has 0 aromatic carbocycles. The van der Waals surface area contributed by atoms with Crippen molar-refractivity contribution < 1.29 is 14.3 Å². The van der Waals surface area contributed by atoms with Gasteiger partial charge in [-0.25, -0.2) is 4.79 Å². The van der Waals surface area contributed by atoms with Gasteiger partial charge in [-0.2, -0.15) is 0 Å². The quantitative estimate of drug-likeness (QED) is 0.620. The third kappa shape index (κ3) is 2.20. The standard InChI is InChI=1S/C9H15NO3/c1-3-4-5-13-9(12)10-6-8(11)7(10)2/h7H,3-6H2,1-2H3. The van der Waals surface area contributed by atoms with E-state index in [1.165, 1.54) is 4.90 Å². The van der Waals surface area contributed by atoms with Crippen LogP contribution in [0.15, 0.2) is 0 Å². The van der Waals surface area contributed by atoms with Crippen molar-refractivity contribution >= 4 is 11.9 Å². The number of ether oxygens (including phenoxy) is 1. The lowest BCUT2D eigenvalue weighted by Crippen LogP contribution is -2.57. The molecule has 1 aliphatic rings. The molecule has 1 atom stereocenters. The number of unbranched alkanes of at least 4 members (excludes halogenated alkanes) is 1. The molecule has 0 radical (unpaired) electrons. The Bertz CT molecular complexity index is 215. The number of Topliss-reactive ketones (excluding diaryl/α,β-unsaturated/α-hetero) is 1. The number of nitrogens with zero attached hydrogens (tertiary/aromatic N) is 1. The second-order valence-electron chi connectivity index (χ2n) is 3.24. The first-order chi connectivity index (χ1) is 6.16. The van der Waals surface area contributed by atoms with Crippen LogP contribution in [0, 0.1) is 0 Å². The van der Waals surface area contributed by atoms with Crippen molar-refractivity contribution in [2.45, 2.75) is 32.7 Å². The molecule has 4 heteroatoms. The largest absolute Gasteiger partial charge is 0.449 e. The van der Waals surface area contributed by atoms with Gasteiger partial charge in [0.2, 0.25) is 0 Å². The fourth-order valence-electron chi connectivity index (χ4n) is 1.11. The average Bonchev–Trinajstić information content (AvgIpc) is 2.13. The fourth-order valence-corrected chi connectivity index (χ4v) is 1.11. The second kappa shape index (κ2) is 4.25. The minimum Gasteiger partial charge on any atom is -0.449 e. The summed E-state index contributed by atoms with van der Waals surface area (Å²) in [6.07, 6.45) is 1.52. The van der Waals surface area contributed by atoms with Crippen molar-refractivity contribution in [3.63, 3.8) is 0 Å². The Labute approximate surface area is 77.8 Å². The predicted molar refractivity (Wildman–Crippen MR) is 47.4 cm³/mol. The molecule has 1 aliphatic heterocycles. The van der Waals surface area contributed by atoms with Gasteiger partial charge in [0.15, 0.2) is 5.78 Å². The Hall–Kier alpha value is -1.06. The molecule has 0 spiro atoms. The number of carbonyl (C=O) groups is 2. The van der Waals surface area contributed by atoms with Crippen LogP contribution in [-0.2, 0) is 9.53 Å². The van der Waals surface area contributed by atoms with Crippen LogP contribution in [0.5, 0.6) is 0 Å². The SMILES string of the molecule is CCCCOC(=O)N1CC(=O)C1C. The number of rotatable bonds is 3. The predicted octanol–water partition coefficient (Wildman–Crippen LogP) is 1.20. The van der Waals surface area contributed by atoms with E-state index in [1.807, 2.05) is 6.92 Å². The maximum absolute atomic E-state index is 11.2. The smallest absolute Gasteiger partial charge is 0.410 e. The number of likely N-dealkylation sites (tertiary alicyclic amines) is 1. The number of hydrogen-bond acceptors (Lipinski definition) is 3. The second-order valence-corrected chi connectivity index (χ2v) is 3.24. The van der Waals surface area contributed by atoms with E-state index in [-0.39, 0.29) is 24.5 Å². The van der Waals surface area contributed by atoms with Crippen LogP contribution in [-0.4, -0.2) is 36.0 Å². The summed E-state index contributed by atoms with van der Waals surface area (Å²) >= 11 is 0. The lowest BCUT2D eigenvalue weighted by Gasteiger charge is -2.35. The average molecular weight is 185 g/mol. The molecule has 13 heavy (non-hydrogen) atoms. The minimum atomic E-state index is -0.361. The highest BCUT2D eigenvalue weighted by molar-refractivity contribution is 5.97. The maximum Gasteiger partial charge on any atom is 0.410 e. The molecule has 1 rings (SSSR count). The lowest BCUT2D eigenvalue weighted by molar-refractivity contribution is -0.133. The summed E-state index contributed by atoms with van der Waals surface area (Å²) < 4.78 is 4.94. The van der Waals surface area contributed by atoms with E-state index in [2.05, 4.69) is 0 Å². The van der Waals surface area contributed by atoms with Crippen molar-refractivity contribution in [2.75, 3.05) is 13.2 Å². The highest BCUT2D eigenvalue weighted by atomic mass is 16.6. The van der Waals surface area contributed by atoms with E-state index in [4.69, 9.17) is 4.74 Å². The zero-order valence-electron chi connectivity index (χ0n) is 8.08. The van der Waals surface area contributed by atoms with E-state index in [0.717, 1.165) is 12.8 Å². The van der Waals surface area contributed by atoms with Gasteiger partial charge in [-0.15, -0.1) is 0 Å². The zero-order chi connectivity index (χ0) is 9.84. The Morgan fingerprint density at radius 2 is 2.38 bits per heavy atom. The van der Waals surface area contributed by atoms with Gasteiger partial charge in [-0.3, -0.25) is 9.69 Å². The van der Waals surface area contributed by atoms with E-state index in [0.29, 0.717) is 6.61 Å². The number of ketones is 1. The van der Waals surface area contributed by atoms with Crippen LogP contribution in [0.25, 0.3) is 0 Å². The molecule has 4 nitrogen and oxygen atoms in total. The van der Waals surface area contributed by atoms with E-state index in [1.54, 1.807) is 6.92 Å². The van der Waals surface area contributed by atoms with Gasteiger partial charge in [0.25, 0.3) is 0 Å². The van der Waals surface area contributed by atoms with Crippen LogP contribution < -0.4 is 0 Å². The van der Waals surface area contributed by atoms with Gasteiger partial charge in [-0.1, -0.05) is 13.3 Å². The third-order valence-corrected chi connectivity index (χ3v) is 2.22. The molecule has 0 bridgehead atoms. The van der Waals surface area contributed by atoms with Gasteiger partial charge >= 0.3 is 6.09 Å². The molecule has 1 heterocycles. The summed E-state index contributed by atoms with van der Waals surface area (Å²) in [6, 6.07) is -0.283. The van der Waals surface area contributed by atoms with Crippen molar-refractivity contribution in [2.24, 2.45) is 0 Å². The molecule has 1 unspecified atom stereocenters. The molecular weight excluding hydrogens is 170 g/mol. The molecule has 0 saturated carbocycles. The summed E-state index contributed by atoms with van der Waals surface area (Å²) in [5.41, 5.74) is 0. The Morgan fingerprint density at radius 1 is 1.69 bits per heavy atom. The maximum atomic E-state index is 11.2. The molecule has 0 aromatic heterocycles.